The summed E-state index contributed by atoms with van der Waals surface area (Å²) in [6, 6.07) is 8.51. The van der Waals surface area contributed by atoms with Gasteiger partial charge in [-0.05, 0) is 37.6 Å². The molecule has 126 valence electrons. The Hall–Kier alpha value is -2.56. The first-order valence-electron chi connectivity index (χ1n) is 8.04. The van der Waals surface area contributed by atoms with Crippen LogP contribution in [0.5, 0.6) is 5.75 Å². The van der Waals surface area contributed by atoms with Crippen molar-refractivity contribution in [3.05, 3.63) is 52.4 Å². The first kappa shape index (κ1) is 16.3. The molecule has 2 heterocycles. The van der Waals surface area contributed by atoms with E-state index in [1.165, 1.54) is 6.07 Å². The van der Waals surface area contributed by atoms with Crippen LogP contribution in [0.4, 0.5) is 0 Å². The minimum atomic E-state index is -0.379. The highest BCUT2D eigenvalue weighted by Gasteiger charge is 2.30. The van der Waals surface area contributed by atoms with Crippen molar-refractivity contribution in [3.8, 4) is 5.75 Å². The fraction of sp³-hybridized carbons (Fsp3) is 0.368. The smallest absolute Gasteiger partial charge is 0.336 e. The molecule has 1 aliphatic rings. The average Bonchev–Trinajstić information content (AvgIpc) is 2.84. The van der Waals surface area contributed by atoms with Crippen molar-refractivity contribution >= 4 is 16.9 Å². The summed E-state index contributed by atoms with van der Waals surface area (Å²) in [6.07, 6.45) is 3.45. The Morgan fingerprint density at radius 1 is 1.29 bits per heavy atom. The minimum absolute atomic E-state index is 0.00805. The summed E-state index contributed by atoms with van der Waals surface area (Å²) in [7, 11) is 0. The van der Waals surface area contributed by atoms with Crippen molar-refractivity contribution in [1.29, 1.82) is 0 Å². The molecular weight excluding hydrogens is 308 g/mol. The van der Waals surface area contributed by atoms with Crippen molar-refractivity contribution in [2.45, 2.75) is 32.8 Å². The summed E-state index contributed by atoms with van der Waals surface area (Å²) >= 11 is 0. The summed E-state index contributed by atoms with van der Waals surface area (Å²) in [4.78, 5) is 22.7. The molecule has 3 rings (SSSR count). The van der Waals surface area contributed by atoms with Crippen LogP contribution in [0, 0.1) is 5.92 Å². The van der Waals surface area contributed by atoms with Crippen LogP contribution in [-0.2, 0) is 9.53 Å². The lowest BCUT2D eigenvalue weighted by Crippen LogP contribution is -2.07. The second kappa shape index (κ2) is 6.91. The number of carbonyl (C=O) groups is 1. The predicted octanol–water partition coefficient (Wildman–Crippen LogP) is 3.46. The van der Waals surface area contributed by atoms with E-state index >= 15 is 0 Å². The Kier molecular flexibility index (Phi) is 4.69. The summed E-state index contributed by atoms with van der Waals surface area (Å²) < 4.78 is 16.1. The molecule has 0 bridgehead atoms. The van der Waals surface area contributed by atoms with Gasteiger partial charge in [0.05, 0.1) is 5.92 Å². The average molecular weight is 328 g/mol. The second-order valence-corrected chi connectivity index (χ2v) is 6.22. The van der Waals surface area contributed by atoms with Crippen molar-refractivity contribution in [2.75, 3.05) is 6.61 Å². The molecular formula is C19H20O5. The fourth-order valence-corrected chi connectivity index (χ4v) is 2.80. The lowest BCUT2D eigenvalue weighted by molar-refractivity contribution is -0.143. The van der Waals surface area contributed by atoms with Gasteiger partial charge in [0, 0.05) is 23.9 Å². The lowest BCUT2D eigenvalue weighted by atomic mass is 10.0. The molecule has 0 N–H and O–H groups in total. The monoisotopic (exact) mass is 328 g/mol. The molecule has 1 aliphatic heterocycles. The molecule has 1 aromatic carbocycles. The molecule has 5 nitrogen and oxygen atoms in total. The molecule has 2 atom stereocenters. The van der Waals surface area contributed by atoms with E-state index in [9.17, 15) is 9.59 Å². The normalized spacial score (nSPS) is 21.1. The molecule has 5 heteroatoms. The van der Waals surface area contributed by atoms with Crippen molar-refractivity contribution in [1.82, 2.24) is 0 Å². The molecule has 1 fully saturated rings. The molecule has 24 heavy (non-hydrogen) atoms. The Bertz CT molecular complexity index is 833. The van der Waals surface area contributed by atoms with Crippen LogP contribution in [0.1, 0.15) is 26.7 Å². The van der Waals surface area contributed by atoms with Crippen molar-refractivity contribution in [3.63, 3.8) is 0 Å². The molecule has 0 unspecified atom stereocenters. The first-order valence-corrected chi connectivity index (χ1v) is 8.04. The Labute approximate surface area is 139 Å². The van der Waals surface area contributed by atoms with Gasteiger partial charge in [-0.2, -0.15) is 0 Å². The predicted molar refractivity (Wildman–Crippen MR) is 90.0 cm³/mol. The Morgan fingerprint density at radius 2 is 2.08 bits per heavy atom. The van der Waals surface area contributed by atoms with Crippen molar-refractivity contribution in [2.24, 2.45) is 5.92 Å². The van der Waals surface area contributed by atoms with E-state index in [2.05, 4.69) is 0 Å². The number of rotatable bonds is 5. The molecule has 1 aromatic heterocycles. The van der Waals surface area contributed by atoms with Crippen LogP contribution < -0.4 is 10.4 Å². The number of fused-ring (bicyclic) bond motifs is 1. The minimum Gasteiger partial charge on any atom is -0.489 e. The summed E-state index contributed by atoms with van der Waals surface area (Å²) in [5.41, 5.74) is 1.25. The van der Waals surface area contributed by atoms with E-state index < -0.39 is 0 Å². The van der Waals surface area contributed by atoms with Gasteiger partial charge in [-0.1, -0.05) is 12.5 Å². The third kappa shape index (κ3) is 3.85. The van der Waals surface area contributed by atoms with Gasteiger partial charge >= 0.3 is 11.6 Å². The van der Waals surface area contributed by atoms with Crippen LogP contribution >= 0.6 is 0 Å². The number of cyclic esters (lactones) is 1. The van der Waals surface area contributed by atoms with Gasteiger partial charge in [0.25, 0.3) is 0 Å². The number of hydrogen-bond donors (Lipinski definition) is 0. The SMILES string of the molecule is CC(=CCOc1ccc2ccc(=O)oc2c1)C[C@H]1C[C@H](C)C(=O)O1. The van der Waals surface area contributed by atoms with Gasteiger partial charge in [-0.25, -0.2) is 4.79 Å². The van der Waals surface area contributed by atoms with Gasteiger partial charge in [-0.3, -0.25) is 4.79 Å². The highest BCUT2D eigenvalue weighted by atomic mass is 16.5. The topological polar surface area (TPSA) is 65.7 Å². The molecule has 1 saturated heterocycles. The van der Waals surface area contributed by atoms with E-state index in [-0.39, 0.29) is 23.6 Å². The first-order chi connectivity index (χ1) is 11.5. The third-order valence-corrected chi connectivity index (χ3v) is 4.13. The van der Waals surface area contributed by atoms with Crippen LogP contribution in [0.2, 0.25) is 0 Å². The van der Waals surface area contributed by atoms with Crippen LogP contribution in [-0.4, -0.2) is 18.7 Å². The molecule has 0 amide bonds. The van der Waals surface area contributed by atoms with E-state index in [4.69, 9.17) is 13.9 Å². The zero-order valence-electron chi connectivity index (χ0n) is 13.8. The van der Waals surface area contributed by atoms with E-state index in [0.717, 1.165) is 23.8 Å². The van der Waals surface area contributed by atoms with Gasteiger partial charge in [0.15, 0.2) is 0 Å². The van der Waals surface area contributed by atoms with Crippen LogP contribution in [0.15, 0.2) is 51.2 Å². The van der Waals surface area contributed by atoms with Gasteiger partial charge in [-0.15, -0.1) is 0 Å². The molecule has 0 saturated carbocycles. The Morgan fingerprint density at radius 3 is 2.83 bits per heavy atom. The summed E-state index contributed by atoms with van der Waals surface area (Å²) in [5.74, 6) is 0.523. The molecule has 0 radical (unpaired) electrons. The second-order valence-electron chi connectivity index (χ2n) is 6.22. The van der Waals surface area contributed by atoms with E-state index in [1.807, 2.05) is 32.1 Å². The van der Waals surface area contributed by atoms with E-state index in [1.54, 1.807) is 12.1 Å². The van der Waals surface area contributed by atoms with Gasteiger partial charge in [0.1, 0.15) is 24.0 Å². The van der Waals surface area contributed by atoms with Crippen LogP contribution in [0.3, 0.4) is 0 Å². The van der Waals surface area contributed by atoms with Gasteiger partial charge in [0.2, 0.25) is 0 Å². The lowest BCUT2D eigenvalue weighted by Gasteiger charge is -2.10. The van der Waals surface area contributed by atoms with Crippen LogP contribution in [0.25, 0.3) is 11.0 Å². The summed E-state index contributed by atoms with van der Waals surface area (Å²) in [5, 5.41) is 0.853. The zero-order valence-corrected chi connectivity index (χ0v) is 13.8. The quantitative estimate of drug-likeness (QED) is 0.478. The maximum Gasteiger partial charge on any atom is 0.336 e. The molecule has 0 spiro atoms. The molecule has 2 aromatic rings. The summed E-state index contributed by atoms with van der Waals surface area (Å²) in [6.45, 7) is 4.30. The largest absolute Gasteiger partial charge is 0.489 e. The maximum atomic E-state index is 11.4. The third-order valence-electron chi connectivity index (χ3n) is 4.13. The van der Waals surface area contributed by atoms with Crippen molar-refractivity contribution < 1.29 is 18.7 Å². The highest BCUT2D eigenvalue weighted by molar-refractivity contribution is 5.77. The highest BCUT2D eigenvalue weighted by Crippen LogP contribution is 2.25. The number of esters is 1. The standard InChI is InChI=1S/C19H20O5/c1-12(9-16-10-13(2)19(21)23-16)7-8-22-15-5-3-14-4-6-18(20)24-17(14)11-15/h3-7,11,13,16H,8-10H2,1-2H3/t13-,16-/m0/s1. The van der Waals surface area contributed by atoms with E-state index in [0.29, 0.717) is 17.9 Å². The number of benzene rings is 1. The van der Waals surface area contributed by atoms with Gasteiger partial charge < -0.3 is 13.9 Å². The number of ether oxygens (including phenoxy) is 2. The number of hydrogen-bond acceptors (Lipinski definition) is 5. The molecule has 0 aliphatic carbocycles. The maximum absolute atomic E-state index is 11.4. The zero-order chi connectivity index (χ0) is 17.1. The Balaban J connectivity index is 1.57. The fourth-order valence-electron chi connectivity index (χ4n) is 2.80. The number of carbonyl (C=O) groups excluding carboxylic acids is 1.